The number of rotatable bonds is 2. The van der Waals surface area contributed by atoms with E-state index in [1.165, 1.54) is 6.07 Å². The number of benzene rings is 1. The maximum atomic E-state index is 11.7. The monoisotopic (exact) mass is 295 g/mol. The maximum Gasteiger partial charge on any atom is 0.291 e. The molecule has 4 nitrogen and oxygen atoms in total. The molecule has 1 heterocycles. The Hall–Kier alpha value is -1.75. The number of halogens is 1. The van der Waals surface area contributed by atoms with E-state index in [1.54, 1.807) is 31.2 Å². The molecule has 0 saturated heterocycles. The summed E-state index contributed by atoms with van der Waals surface area (Å²) in [4.78, 5) is 11.7. The molecule has 0 bridgehead atoms. The first-order chi connectivity index (χ1) is 8.06. The van der Waals surface area contributed by atoms with E-state index in [1.807, 2.05) is 0 Å². The van der Waals surface area contributed by atoms with Gasteiger partial charge in [0.25, 0.3) is 5.91 Å². The highest BCUT2D eigenvalue weighted by atomic mass is 79.9. The number of carbonyl (C=O) groups is 1. The van der Waals surface area contributed by atoms with Crippen molar-refractivity contribution in [1.82, 2.24) is 0 Å². The molecule has 2 aromatic rings. The number of aromatic hydroxyl groups is 1. The summed E-state index contributed by atoms with van der Waals surface area (Å²) in [5, 5.41) is 12.1. The maximum absolute atomic E-state index is 11.7. The van der Waals surface area contributed by atoms with Crippen LogP contribution in [0.25, 0.3) is 0 Å². The van der Waals surface area contributed by atoms with Crippen molar-refractivity contribution in [3.8, 4) is 5.75 Å². The molecule has 0 unspecified atom stereocenters. The van der Waals surface area contributed by atoms with Crippen molar-refractivity contribution in [1.29, 1.82) is 0 Å². The van der Waals surface area contributed by atoms with Crippen molar-refractivity contribution in [2.45, 2.75) is 6.92 Å². The van der Waals surface area contributed by atoms with Crippen LogP contribution in [0.5, 0.6) is 5.75 Å². The zero-order chi connectivity index (χ0) is 12.4. The number of anilines is 1. The third-order valence-electron chi connectivity index (χ3n) is 2.26. The minimum absolute atomic E-state index is 0.142. The molecule has 0 radical (unpaired) electrons. The fraction of sp³-hybridized carbons (Fsp3) is 0.0833. The number of phenols is 1. The van der Waals surface area contributed by atoms with Gasteiger partial charge in [0.2, 0.25) is 0 Å². The molecule has 1 aromatic carbocycles. The van der Waals surface area contributed by atoms with Crippen molar-refractivity contribution in [3.05, 3.63) is 46.3 Å². The summed E-state index contributed by atoms with van der Waals surface area (Å²) in [6, 6.07) is 8.13. The third kappa shape index (κ3) is 2.68. The molecule has 0 aliphatic carbocycles. The Morgan fingerprint density at radius 3 is 2.71 bits per heavy atom. The second kappa shape index (κ2) is 4.63. The summed E-state index contributed by atoms with van der Waals surface area (Å²) < 4.78 is 5.61. The number of hydrogen-bond acceptors (Lipinski definition) is 3. The Bertz CT molecular complexity index is 563. The Morgan fingerprint density at radius 1 is 1.35 bits per heavy atom. The SMILES string of the molecule is Cc1ccc(NC(=O)c2ccc(Br)o2)cc1O. The van der Waals surface area contributed by atoms with E-state index >= 15 is 0 Å². The van der Waals surface area contributed by atoms with Gasteiger partial charge in [-0.25, -0.2) is 0 Å². The van der Waals surface area contributed by atoms with Gasteiger partial charge in [-0.3, -0.25) is 4.79 Å². The standard InChI is InChI=1S/C12H10BrNO3/c1-7-2-3-8(6-9(7)15)14-12(16)10-4-5-11(13)17-10/h2-6,15H,1H3,(H,14,16). The molecule has 1 amide bonds. The van der Waals surface area contributed by atoms with Gasteiger partial charge in [-0.1, -0.05) is 6.07 Å². The fourth-order valence-electron chi connectivity index (χ4n) is 1.32. The lowest BCUT2D eigenvalue weighted by Crippen LogP contribution is -2.10. The first kappa shape index (κ1) is 11.7. The van der Waals surface area contributed by atoms with Gasteiger partial charge in [0, 0.05) is 11.8 Å². The van der Waals surface area contributed by atoms with Crippen LogP contribution in [-0.4, -0.2) is 11.0 Å². The van der Waals surface area contributed by atoms with E-state index in [-0.39, 0.29) is 17.4 Å². The van der Waals surface area contributed by atoms with Gasteiger partial charge in [0.1, 0.15) is 5.75 Å². The van der Waals surface area contributed by atoms with Crippen LogP contribution < -0.4 is 5.32 Å². The quantitative estimate of drug-likeness (QED) is 0.893. The van der Waals surface area contributed by atoms with Gasteiger partial charge in [-0.15, -0.1) is 0 Å². The molecule has 88 valence electrons. The van der Waals surface area contributed by atoms with E-state index in [2.05, 4.69) is 21.2 Å². The Labute approximate surface area is 106 Å². The van der Waals surface area contributed by atoms with Crippen molar-refractivity contribution >= 4 is 27.5 Å². The zero-order valence-electron chi connectivity index (χ0n) is 9.03. The average Bonchev–Trinajstić information content (AvgIpc) is 2.70. The first-order valence-electron chi connectivity index (χ1n) is 4.92. The van der Waals surface area contributed by atoms with Crippen molar-refractivity contribution in [3.63, 3.8) is 0 Å². The number of hydrogen-bond donors (Lipinski definition) is 2. The molecule has 0 aliphatic heterocycles. The molecule has 0 atom stereocenters. The van der Waals surface area contributed by atoms with Crippen LogP contribution in [-0.2, 0) is 0 Å². The molecule has 2 rings (SSSR count). The Balaban J connectivity index is 2.15. The number of aryl methyl sites for hydroxylation is 1. The molecule has 2 N–H and O–H groups in total. The molecule has 0 spiro atoms. The third-order valence-corrected chi connectivity index (χ3v) is 2.69. The number of nitrogens with one attached hydrogen (secondary N) is 1. The Kier molecular flexibility index (Phi) is 3.19. The average molecular weight is 296 g/mol. The van der Waals surface area contributed by atoms with Gasteiger partial charge >= 0.3 is 0 Å². The highest BCUT2D eigenvalue weighted by molar-refractivity contribution is 9.10. The molecule has 1 aromatic heterocycles. The van der Waals surface area contributed by atoms with E-state index in [0.717, 1.165) is 5.56 Å². The van der Waals surface area contributed by atoms with Crippen LogP contribution >= 0.6 is 15.9 Å². The summed E-state index contributed by atoms with van der Waals surface area (Å²) >= 11 is 3.12. The predicted molar refractivity (Wildman–Crippen MR) is 67.2 cm³/mol. The van der Waals surface area contributed by atoms with Gasteiger partial charge < -0.3 is 14.8 Å². The predicted octanol–water partition coefficient (Wildman–Crippen LogP) is 3.31. The highest BCUT2D eigenvalue weighted by Crippen LogP contribution is 2.22. The minimum atomic E-state index is -0.362. The summed E-state index contributed by atoms with van der Waals surface area (Å²) in [5.41, 5.74) is 1.27. The van der Waals surface area contributed by atoms with Gasteiger partial charge in [0.15, 0.2) is 10.4 Å². The Morgan fingerprint density at radius 2 is 2.12 bits per heavy atom. The lowest BCUT2D eigenvalue weighted by atomic mass is 10.2. The lowest BCUT2D eigenvalue weighted by Gasteiger charge is -2.05. The van der Waals surface area contributed by atoms with E-state index in [0.29, 0.717) is 10.4 Å². The number of amides is 1. The normalized spacial score (nSPS) is 10.2. The van der Waals surface area contributed by atoms with Gasteiger partial charge in [-0.05, 0) is 46.6 Å². The van der Waals surface area contributed by atoms with Crippen LogP contribution in [0.3, 0.4) is 0 Å². The van der Waals surface area contributed by atoms with Crippen LogP contribution in [0.15, 0.2) is 39.4 Å². The molecule has 0 aliphatic rings. The van der Waals surface area contributed by atoms with Gasteiger partial charge in [0.05, 0.1) is 0 Å². The van der Waals surface area contributed by atoms with Crippen LogP contribution in [0.4, 0.5) is 5.69 Å². The zero-order valence-corrected chi connectivity index (χ0v) is 10.6. The second-order valence-electron chi connectivity index (χ2n) is 3.56. The first-order valence-corrected chi connectivity index (χ1v) is 5.72. The second-order valence-corrected chi connectivity index (χ2v) is 4.34. The molecular formula is C12H10BrNO3. The fourth-order valence-corrected chi connectivity index (χ4v) is 1.62. The summed E-state index contributed by atoms with van der Waals surface area (Å²) in [6.45, 7) is 1.78. The smallest absolute Gasteiger partial charge is 0.291 e. The van der Waals surface area contributed by atoms with Crippen LogP contribution in [0, 0.1) is 6.92 Å². The van der Waals surface area contributed by atoms with Crippen molar-refractivity contribution in [2.24, 2.45) is 0 Å². The number of furan rings is 1. The van der Waals surface area contributed by atoms with Crippen molar-refractivity contribution < 1.29 is 14.3 Å². The molecule has 0 saturated carbocycles. The largest absolute Gasteiger partial charge is 0.508 e. The molecule has 0 fully saturated rings. The van der Waals surface area contributed by atoms with Crippen molar-refractivity contribution in [2.75, 3.05) is 5.32 Å². The van der Waals surface area contributed by atoms with E-state index in [9.17, 15) is 9.90 Å². The minimum Gasteiger partial charge on any atom is -0.508 e. The van der Waals surface area contributed by atoms with Gasteiger partial charge in [-0.2, -0.15) is 0 Å². The summed E-state index contributed by atoms with van der Waals surface area (Å²) in [5.74, 6) is -0.0145. The van der Waals surface area contributed by atoms with E-state index < -0.39 is 0 Å². The van der Waals surface area contributed by atoms with E-state index in [4.69, 9.17) is 4.42 Å². The molecule has 5 heteroatoms. The van der Waals surface area contributed by atoms with Crippen LogP contribution in [0.2, 0.25) is 0 Å². The highest BCUT2D eigenvalue weighted by Gasteiger charge is 2.11. The topological polar surface area (TPSA) is 62.5 Å². The summed E-state index contributed by atoms with van der Waals surface area (Å²) in [7, 11) is 0. The summed E-state index contributed by atoms with van der Waals surface area (Å²) in [6.07, 6.45) is 0. The lowest BCUT2D eigenvalue weighted by molar-refractivity contribution is 0.0995. The number of carbonyl (C=O) groups excluding carboxylic acids is 1. The molecule has 17 heavy (non-hydrogen) atoms. The number of phenolic OH excluding ortho intramolecular Hbond substituents is 1. The molecular weight excluding hydrogens is 286 g/mol. The van der Waals surface area contributed by atoms with Crippen LogP contribution in [0.1, 0.15) is 16.1 Å².